The third kappa shape index (κ3) is 4.87. The van der Waals surface area contributed by atoms with Crippen LogP contribution in [-0.2, 0) is 0 Å². The molecule has 2 aromatic carbocycles. The molecule has 0 aliphatic rings. The molecular formula is C18H22N2O4. The largest absolute Gasteiger partial charge is 0.494 e. The van der Waals surface area contributed by atoms with E-state index in [0.29, 0.717) is 24.7 Å². The Labute approximate surface area is 141 Å². The molecule has 0 heterocycles. The molecule has 1 N–H and O–H groups in total. The summed E-state index contributed by atoms with van der Waals surface area (Å²) in [4.78, 5) is 10.8. The van der Waals surface area contributed by atoms with Crippen molar-refractivity contribution in [1.82, 2.24) is 0 Å². The third-order valence-corrected chi connectivity index (χ3v) is 3.38. The van der Waals surface area contributed by atoms with Gasteiger partial charge in [0.2, 0.25) is 0 Å². The quantitative estimate of drug-likeness (QED) is 0.401. The molecule has 2 aromatic rings. The number of hydrogen-bond donors (Lipinski definition) is 1. The van der Waals surface area contributed by atoms with Gasteiger partial charge in [-0.05, 0) is 43.7 Å². The summed E-state index contributed by atoms with van der Waals surface area (Å²) in [5, 5.41) is 14.3. The predicted molar refractivity (Wildman–Crippen MR) is 94.4 cm³/mol. The van der Waals surface area contributed by atoms with Gasteiger partial charge in [0.15, 0.2) is 0 Å². The molecule has 6 heteroatoms. The molecule has 2 rings (SSSR count). The van der Waals surface area contributed by atoms with Crippen molar-refractivity contribution in [3.8, 4) is 11.5 Å². The van der Waals surface area contributed by atoms with E-state index in [1.54, 1.807) is 12.1 Å². The normalized spacial score (nSPS) is 10.2. The van der Waals surface area contributed by atoms with Crippen LogP contribution in [0.15, 0.2) is 42.5 Å². The highest BCUT2D eigenvalue weighted by molar-refractivity contribution is 5.71. The molecule has 6 nitrogen and oxygen atoms in total. The standard InChI is InChI=1S/C18H22N2O4/c1-3-5-12-24-16-10-11-18(20(21)22)17(13-16)19-14-6-8-15(9-7-14)23-4-2/h6-11,13,19H,3-5,12H2,1-2H3. The zero-order valence-corrected chi connectivity index (χ0v) is 14.0. The molecule has 0 aliphatic heterocycles. The average molecular weight is 330 g/mol. The summed E-state index contributed by atoms with van der Waals surface area (Å²) in [6.07, 6.45) is 1.98. The van der Waals surface area contributed by atoms with Crippen molar-refractivity contribution in [1.29, 1.82) is 0 Å². The summed E-state index contributed by atoms with van der Waals surface area (Å²) >= 11 is 0. The second kappa shape index (κ2) is 8.76. The fraction of sp³-hybridized carbons (Fsp3) is 0.333. The van der Waals surface area contributed by atoms with Crippen LogP contribution in [0.5, 0.6) is 11.5 Å². The van der Waals surface area contributed by atoms with E-state index in [4.69, 9.17) is 9.47 Å². The van der Waals surface area contributed by atoms with Crippen LogP contribution in [0.1, 0.15) is 26.7 Å². The lowest BCUT2D eigenvalue weighted by Crippen LogP contribution is -2.00. The molecular weight excluding hydrogens is 308 g/mol. The van der Waals surface area contributed by atoms with E-state index < -0.39 is 4.92 Å². The summed E-state index contributed by atoms with van der Waals surface area (Å²) in [6.45, 7) is 5.18. The van der Waals surface area contributed by atoms with E-state index >= 15 is 0 Å². The highest BCUT2D eigenvalue weighted by Gasteiger charge is 2.15. The molecule has 0 amide bonds. The lowest BCUT2D eigenvalue weighted by molar-refractivity contribution is -0.383. The Hall–Kier alpha value is -2.76. The SMILES string of the molecule is CCCCOc1ccc([N+](=O)[O-])c(Nc2ccc(OCC)cc2)c1. The number of rotatable bonds is 9. The molecule has 0 fully saturated rings. The van der Waals surface area contributed by atoms with Crippen LogP contribution < -0.4 is 14.8 Å². The number of benzene rings is 2. The van der Waals surface area contributed by atoms with Crippen LogP contribution in [0, 0.1) is 10.1 Å². The van der Waals surface area contributed by atoms with Gasteiger partial charge >= 0.3 is 0 Å². The van der Waals surface area contributed by atoms with E-state index in [1.165, 1.54) is 6.07 Å². The molecule has 0 radical (unpaired) electrons. The summed E-state index contributed by atoms with van der Waals surface area (Å²) in [5.41, 5.74) is 1.15. The average Bonchev–Trinajstić information content (AvgIpc) is 2.57. The fourth-order valence-electron chi connectivity index (χ4n) is 2.16. The van der Waals surface area contributed by atoms with Crippen LogP contribution >= 0.6 is 0 Å². The second-order valence-corrected chi connectivity index (χ2v) is 5.22. The Balaban J connectivity index is 2.18. The molecule has 0 aromatic heterocycles. The van der Waals surface area contributed by atoms with Crippen LogP contribution in [0.2, 0.25) is 0 Å². The summed E-state index contributed by atoms with van der Waals surface area (Å²) in [6, 6.07) is 12.0. The second-order valence-electron chi connectivity index (χ2n) is 5.22. The lowest BCUT2D eigenvalue weighted by atomic mass is 10.2. The summed E-state index contributed by atoms with van der Waals surface area (Å²) < 4.78 is 11.0. The number of unbranched alkanes of at least 4 members (excludes halogenated alkanes) is 1. The molecule has 0 bridgehead atoms. The highest BCUT2D eigenvalue weighted by Crippen LogP contribution is 2.32. The molecule has 0 aliphatic carbocycles. The Morgan fingerprint density at radius 2 is 1.75 bits per heavy atom. The number of anilines is 2. The molecule has 0 spiro atoms. The van der Waals surface area contributed by atoms with Gasteiger partial charge in [0.05, 0.1) is 18.1 Å². The van der Waals surface area contributed by atoms with E-state index in [2.05, 4.69) is 12.2 Å². The number of ether oxygens (including phenoxy) is 2. The summed E-state index contributed by atoms with van der Waals surface area (Å²) in [5.74, 6) is 1.37. The Morgan fingerprint density at radius 3 is 2.38 bits per heavy atom. The number of nitrogens with one attached hydrogen (secondary N) is 1. The fourth-order valence-corrected chi connectivity index (χ4v) is 2.16. The van der Waals surface area contributed by atoms with Gasteiger partial charge in [-0.25, -0.2) is 0 Å². The van der Waals surface area contributed by atoms with E-state index in [1.807, 2.05) is 31.2 Å². The maximum Gasteiger partial charge on any atom is 0.292 e. The van der Waals surface area contributed by atoms with Crippen molar-refractivity contribution < 1.29 is 14.4 Å². The number of hydrogen-bond acceptors (Lipinski definition) is 5. The first kappa shape index (κ1) is 17.6. The van der Waals surface area contributed by atoms with Gasteiger partial charge in [-0.3, -0.25) is 10.1 Å². The molecule has 0 saturated heterocycles. The van der Waals surface area contributed by atoms with Gasteiger partial charge in [-0.2, -0.15) is 0 Å². The lowest BCUT2D eigenvalue weighted by Gasteiger charge is -2.11. The van der Waals surface area contributed by atoms with Crippen molar-refractivity contribution in [3.63, 3.8) is 0 Å². The monoisotopic (exact) mass is 330 g/mol. The van der Waals surface area contributed by atoms with Gasteiger partial charge in [-0.15, -0.1) is 0 Å². The maximum atomic E-state index is 11.2. The number of nitrogens with zero attached hydrogens (tertiary/aromatic N) is 1. The van der Waals surface area contributed by atoms with Gasteiger partial charge in [-0.1, -0.05) is 13.3 Å². The van der Waals surface area contributed by atoms with Crippen LogP contribution in [0.25, 0.3) is 0 Å². The van der Waals surface area contributed by atoms with E-state index in [-0.39, 0.29) is 5.69 Å². The number of nitro groups is 1. The minimum Gasteiger partial charge on any atom is -0.494 e. The van der Waals surface area contributed by atoms with Gasteiger partial charge in [0.25, 0.3) is 5.69 Å². The Kier molecular flexibility index (Phi) is 6.42. The van der Waals surface area contributed by atoms with Crippen LogP contribution in [0.4, 0.5) is 17.1 Å². The van der Waals surface area contributed by atoms with Gasteiger partial charge < -0.3 is 14.8 Å². The van der Waals surface area contributed by atoms with Crippen molar-refractivity contribution in [2.75, 3.05) is 18.5 Å². The molecule has 24 heavy (non-hydrogen) atoms. The molecule has 128 valence electrons. The molecule has 0 unspecified atom stereocenters. The van der Waals surface area contributed by atoms with Gasteiger partial charge in [0, 0.05) is 17.8 Å². The van der Waals surface area contributed by atoms with Crippen molar-refractivity contribution >= 4 is 17.1 Å². The van der Waals surface area contributed by atoms with E-state index in [9.17, 15) is 10.1 Å². The van der Waals surface area contributed by atoms with Crippen molar-refractivity contribution in [2.24, 2.45) is 0 Å². The third-order valence-electron chi connectivity index (χ3n) is 3.38. The van der Waals surface area contributed by atoms with E-state index in [0.717, 1.165) is 24.3 Å². The van der Waals surface area contributed by atoms with Crippen molar-refractivity contribution in [3.05, 3.63) is 52.6 Å². The maximum absolute atomic E-state index is 11.2. The zero-order chi connectivity index (χ0) is 17.4. The first-order valence-corrected chi connectivity index (χ1v) is 8.05. The Morgan fingerprint density at radius 1 is 1.04 bits per heavy atom. The number of nitro benzene ring substituents is 1. The predicted octanol–water partition coefficient (Wildman–Crippen LogP) is 4.92. The zero-order valence-electron chi connectivity index (χ0n) is 14.0. The van der Waals surface area contributed by atoms with Gasteiger partial charge in [0.1, 0.15) is 17.2 Å². The van der Waals surface area contributed by atoms with Crippen LogP contribution in [0.3, 0.4) is 0 Å². The topological polar surface area (TPSA) is 73.6 Å². The highest BCUT2D eigenvalue weighted by atomic mass is 16.6. The first-order valence-electron chi connectivity index (χ1n) is 8.05. The smallest absolute Gasteiger partial charge is 0.292 e. The first-order chi connectivity index (χ1) is 11.6. The molecule has 0 atom stereocenters. The van der Waals surface area contributed by atoms with Crippen molar-refractivity contribution in [2.45, 2.75) is 26.7 Å². The van der Waals surface area contributed by atoms with Crippen LogP contribution in [-0.4, -0.2) is 18.1 Å². The minimum absolute atomic E-state index is 0.00623. The Bertz CT molecular complexity index is 671. The molecule has 0 saturated carbocycles. The summed E-state index contributed by atoms with van der Waals surface area (Å²) in [7, 11) is 0. The minimum atomic E-state index is -0.410.